The minimum Gasteiger partial charge on any atom is -0.442 e. The first-order valence-electron chi connectivity index (χ1n) is 4.79. The molecule has 0 spiro atoms. The summed E-state index contributed by atoms with van der Waals surface area (Å²) < 4.78 is 4.88. The van der Waals surface area contributed by atoms with Gasteiger partial charge in [0, 0.05) is 6.61 Å². The second-order valence-corrected chi connectivity index (χ2v) is 3.55. The molecule has 0 aliphatic heterocycles. The lowest BCUT2D eigenvalue weighted by Crippen LogP contribution is -2.22. The van der Waals surface area contributed by atoms with Crippen molar-refractivity contribution in [1.29, 1.82) is 0 Å². The maximum Gasteiger partial charge on any atom is 0.405 e. The molecule has 4 nitrogen and oxygen atoms in total. The fraction of sp³-hybridized carbons (Fsp3) is 0.700. The average molecular weight is 201 g/mol. The van der Waals surface area contributed by atoms with Crippen LogP contribution in [0.25, 0.3) is 0 Å². The summed E-state index contributed by atoms with van der Waals surface area (Å²) in [4.78, 5) is 10.5. The molecule has 1 amide bonds. The third-order valence-corrected chi connectivity index (χ3v) is 1.62. The van der Waals surface area contributed by atoms with Crippen LogP contribution >= 0.6 is 0 Å². The molecule has 1 atom stereocenters. The Morgan fingerprint density at radius 3 is 2.64 bits per heavy atom. The topological polar surface area (TPSA) is 72.6 Å². The molecular weight excluding hydrogens is 182 g/mol. The molecule has 0 aromatic rings. The van der Waals surface area contributed by atoms with E-state index in [2.05, 4.69) is 0 Å². The van der Waals surface area contributed by atoms with E-state index in [1.54, 1.807) is 12.2 Å². The van der Waals surface area contributed by atoms with E-state index in [0.29, 0.717) is 12.3 Å². The first-order chi connectivity index (χ1) is 6.56. The Balaban J connectivity index is 4.02. The molecule has 0 aromatic carbocycles. The van der Waals surface area contributed by atoms with E-state index >= 15 is 0 Å². The van der Waals surface area contributed by atoms with Crippen LogP contribution in [0.1, 0.15) is 26.7 Å². The predicted molar refractivity (Wildman–Crippen MR) is 54.8 cm³/mol. The van der Waals surface area contributed by atoms with E-state index in [4.69, 9.17) is 15.6 Å². The van der Waals surface area contributed by atoms with E-state index < -0.39 is 6.09 Å². The van der Waals surface area contributed by atoms with E-state index in [-0.39, 0.29) is 12.7 Å². The number of ether oxygens (including phenoxy) is 1. The Morgan fingerprint density at radius 2 is 2.21 bits per heavy atom. The van der Waals surface area contributed by atoms with Crippen LogP contribution in [0.5, 0.6) is 0 Å². The number of carbonyl (C=O) groups is 1. The SMILES string of the molecule is CC(C)CC(C=CCCO)OC(N)=O. The molecule has 0 saturated heterocycles. The number of carbonyl (C=O) groups excluding carboxylic acids is 1. The monoisotopic (exact) mass is 201 g/mol. The molecule has 82 valence electrons. The summed E-state index contributed by atoms with van der Waals surface area (Å²) in [6.45, 7) is 4.18. The van der Waals surface area contributed by atoms with Gasteiger partial charge in [-0.1, -0.05) is 19.9 Å². The van der Waals surface area contributed by atoms with E-state index in [0.717, 1.165) is 6.42 Å². The number of hydrogen-bond acceptors (Lipinski definition) is 3. The number of rotatable bonds is 6. The lowest BCUT2D eigenvalue weighted by Gasteiger charge is -2.14. The molecule has 0 bridgehead atoms. The highest BCUT2D eigenvalue weighted by atomic mass is 16.6. The Morgan fingerprint density at radius 1 is 1.57 bits per heavy atom. The largest absolute Gasteiger partial charge is 0.442 e. The summed E-state index contributed by atoms with van der Waals surface area (Å²) >= 11 is 0. The molecule has 0 aliphatic carbocycles. The molecule has 14 heavy (non-hydrogen) atoms. The van der Waals surface area contributed by atoms with Gasteiger partial charge < -0.3 is 15.6 Å². The molecule has 0 heterocycles. The van der Waals surface area contributed by atoms with Gasteiger partial charge in [0.25, 0.3) is 0 Å². The molecule has 1 unspecified atom stereocenters. The molecule has 0 fully saturated rings. The van der Waals surface area contributed by atoms with E-state index in [1.807, 2.05) is 13.8 Å². The molecule has 3 N–H and O–H groups in total. The number of aliphatic hydroxyl groups is 1. The van der Waals surface area contributed by atoms with Crippen molar-refractivity contribution in [1.82, 2.24) is 0 Å². The number of amides is 1. The third-order valence-electron chi connectivity index (χ3n) is 1.62. The molecule has 0 saturated carbocycles. The number of aliphatic hydroxyl groups excluding tert-OH is 1. The molecule has 0 aliphatic rings. The van der Waals surface area contributed by atoms with Crippen LogP contribution in [-0.4, -0.2) is 23.9 Å². The fourth-order valence-corrected chi connectivity index (χ4v) is 1.10. The maximum absolute atomic E-state index is 10.5. The lowest BCUT2D eigenvalue weighted by molar-refractivity contribution is 0.118. The van der Waals surface area contributed by atoms with E-state index in [9.17, 15) is 4.79 Å². The zero-order chi connectivity index (χ0) is 11.0. The Hall–Kier alpha value is -1.03. The fourth-order valence-electron chi connectivity index (χ4n) is 1.10. The van der Waals surface area contributed by atoms with Gasteiger partial charge in [-0.2, -0.15) is 0 Å². The highest BCUT2D eigenvalue weighted by Crippen LogP contribution is 2.09. The van der Waals surface area contributed by atoms with Crippen molar-refractivity contribution in [3.8, 4) is 0 Å². The molecule has 0 rings (SSSR count). The van der Waals surface area contributed by atoms with Crippen molar-refractivity contribution in [3.05, 3.63) is 12.2 Å². The minimum absolute atomic E-state index is 0.0987. The van der Waals surface area contributed by atoms with Gasteiger partial charge in [0.15, 0.2) is 0 Å². The van der Waals surface area contributed by atoms with Gasteiger partial charge in [0.1, 0.15) is 6.10 Å². The lowest BCUT2D eigenvalue weighted by atomic mass is 10.1. The van der Waals surface area contributed by atoms with Gasteiger partial charge in [-0.25, -0.2) is 4.79 Å². The second-order valence-electron chi connectivity index (χ2n) is 3.55. The maximum atomic E-state index is 10.5. The predicted octanol–water partition coefficient (Wildman–Crippen LogP) is 1.43. The third kappa shape index (κ3) is 7.61. The molecule has 0 aromatic heterocycles. The zero-order valence-electron chi connectivity index (χ0n) is 8.77. The van der Waals surface area contributed by atoms with Crippen molar-refractivity contribution in [3.63, 3.8) is 0 Å². The Labute approximate surface area is 84.7 Å². The van der Waals surface area contributed by atoms with Crippen LogP contribution in [0.15, 0.2) is 12.2 Å². The first-order valence-corrected chi connectivity index (χ1v) is 4.79. The van der Waals surface area contributed by atoms with Gasteiger partial charge in [-0.15, -0.1) is 0 Å². The quantitative estimate of drug-likeness (QED) is 0.638. The minimum atomic E-state index is -0.760. The summed E-state index contributed by atoms with van der Waals surface area (Å²) in [5, 5.41) is 8.56. The van der Waals surface area contributed by atoms with E-state index in [1.165, 1.54) is 0 Å². The van der Waals surface area contributed by atoms with Crippen LogP contribution in [-0.2, 0) is 4.74 Å². The van der Waals surface area contributed by atoms with Crippen molar-refractivity contribution >= 4 is 6.09 Å². The summed E-state index contributed by atoms with van der Waals surface area (Å²) in [6, 6.07) is 0. The van der Waals surface area contributed by atoms with Crippen LogP contribution in [0.3, 0.4) is 0 Å². The summed E-state index contributed by atoms with van der Waals surface area (Å²) in [5.74, 6) is 0.429. The standard InChI is InChI=1S/C10H19NO3/c1-8(2)7-9(14-10(11)13)5-3-4-6-12/h3,5,8-9,12H,4,6-7H2,1-2H3,(H2,11,13). The van der Waals surface area contributed by atoms with Crippen molar-refractivity contribution in [2.45, 2.75) is 32.8 Å². The molecule has 0 radical (unpaired) electrons. The van der Waals surface area contributed by atoms with Crippen LogP contribution in [0, 0.1) is 5.92 Å². The number of nitrogens with two attached hydrogens (primary N) is 1. The van der Waals surface area contributed by atoms with Crippen molar-refractivity contribution in [2.75, 3.05) is 6.61 Å². The summed E-state index contributed by atoms with van der Waals surface area (Å²) in [6.07, 6.45) is 3.82. The second kappa shape index (κ2) is 7.38. The number of hydrogen-bond donors (Lipinski definition) is 2. The Kier molecular flexibility index (Phi) is 6.84. The van der Waals surface area contributed by atoms with Gasteiger partial charge in [0.05, 0.1) is 0 Å². The normalized spacial score (nSPS) is 13.4. The Bertz CT molecular complexity index is 190. The smallest absolute Gasteiger partial charge is 0.405 e. The number of primary amides is 1. The van der Waals surface area contributed by atoms with Crippen LogP contribution in [0.2, 0.25) is 0 Å². The summed E-state index contributed by atoms with van der Waals surface area (Å²) in [5.41, 5.74) is 4.93. The van der Waals surface area contributed by atoms with Gasteiger partial charge in [0.2, 0.25) is 0 Å². The molecule has 4 heteroatoms. The average Bonchev–Trinajstić information content (AvgIpc) is 2.02. The van der Waals surface area contributed by atoms with Gasteiger partial charge in [-0.3, -0.25) is 0 Å². The molecular formula is C10H19NO3. The van der Waals surface area contributed by atoms with Gasteiger partial charge >= 0.3 is 6.09 Å². The van der Waals surface area contributed by atoms with Crippen LogP contribution in [0.4, 0.5) is 4.79 Å². The van der Waals surface area contributed by atoms with Crippen molar-refractivity contribution < 1.29 is 14.6 Å². The zero-order valence-corrected chi connectivity index (χ0v) is 8.77. The summed E-state index contributed by atoms with van der Waals surface area (Å²) in [7, 11) is 0. The van der Waals surface area contributed by atoms with Crippen LogP contribution < -0.4 is 5.73 Å². The highest BCUT2D eigenvalue weighted by molar-refractivity contribution is 5.65. The highest BCUT2D eigenvalue weighted by Gasteiger charge is 2.10. The van der Waals surface area contributed by atoms with Crippen molar-refractivity contribution in [2.24, 2.45) is 11.7 Å². The van der Waals surface area contributed by atoms with Gasteiger partial charge in [-0.05, 0) is 24.8 Å². The first kappa shape index (κ1) is 13.0.